The number of halogens is 1. The molecule has 1 atom stereocenters. The molecular formula is C16H17ClN2O2S. The molecular weight excluding hydrogens is 320 g/mol. The predicted molar refractivity (Wildman–Crippen MR) is 88.9 cm³/mol. The van der Waals surface area contributed by atoms with Crippen LogP contribution in [0.1, 0.15) is 26.9 Å². The summed E-state index contributed by atoms with van der Waals surface area (Å²) in [5.74, 6) is 0.0758. The number of rotatable bonds is 3. The van der Waals surface area contributed by atoms with Gasteiger partial charge in [0.1, 0.15) is 11.9 Å². The highest BCUT2D eigenvalue weighted by molar-refractivity contribution is 7.10. The fourth-order valence-electron chi connectivity index (χ4n) is 2.61. The number of fused-ring (bicyclic) bond motifs is 1. The summed E-state index contributed by atoms with van der Waals surface area (Å²) in [7, 11) is 2.09. The van der Waals surface area contributed by atoms with Crippen molar-refractivity contribution >= 4 is 28.8 Å². The van der Waals surface area contributed by atoms with Crippen molar-refractivity contribution in [3.05, 3.63) is 50.7 Å². The van der Waals surface area contributed by atoms with E-state index in [-0.39, 0.29) is 6.10 Å². The molecule has 6 heteroatoms. The summed E-state index contributed by atoms with van der Waals surface area (Å²) in [6.45, 7) is 1.82. The van der Waals surface area contributed by atoms with Crippen molar-refractivity contribution in [2.24, 2.45) is 5.73 Å². The zero-order valence-electron chi connectivity index (χ0n) is 12.2. The van der Waals surface area contributed by atoms with Crippen LogP contribution in [0, 0.1) is 0 Å². The molecule has 1 amide bonds. The number of hydrogen-bond donors (Lipinski definition) is 1. The number of ether oxygens (including phenoxy) is 1. The van der Waals surface area contributed by atoms with Crippen molar-refractivity contribution in [1.82, 2.24) is 4.90 Å². The first-order valence-corrected chi connectivity index (χ1v) is 8.31. The Labute approximate surface area is 138 Å². The molecule has 0 spiro atoms. The molecule has 3 rings (SSSR count). The van der Waals surface area contributed by atoms with Crippen molar-refractivity contribution in [2.75, 3.05) is 20.1 Å². The maximum absolute atomic E-state index is 11.2. The number of likely N-dealkylation sites (N-methyl/N-ethyl adjacent to an activating group) is 1. The van der Waals surface area contributed by atoms with Crippen molar-refractivity contribution in [1.29, 1.82) is 0 Å². The molecule has 0 bridgehead atoms. The predicted octanol–water partition coefficient (Wildman–Crippen LogP) is 3.11. The zero-order valence-corrected chi connectivity index (χ0v) is 13.8. The molecule has 0 radical (unpaired) electrons. The Balaban J connectivity index is 1.87. The highest BCUT2D eigenvalue weighted by atomic mass is 35.5. The molecule has 2 N–H and O–H groups in total. The number of thiophene rings is 1. The Morgan fingerprint density at radius 1 is 1.45 bits per heavy atom. The summed E-state index contributed by atoms with van der Waals surface area (Å²) in [6, 6.07) is 7.02. The Hall–Kier alpha value is -1.56. The van der Waals surface area contributed by atoms with Gasteiger partial charge in [-0.15, -0.1) is 11.3 Å². The summed E-state index contributed by atoms with van der Waals surface area (Å²) in [6.07, 6.45) is 0.975. The summed E-state index contributed by atoms with van der Waals surface area (Å²) >= 11 is 7.99. The molecule has 0 aliphatic carbocycles. The minimum atomic E-state index is -0.497. The van der Waals surface area contributed by atoms with Gasteiger partial charge in [-0.1, -0.05) is 11.6 Å². The lowest BCUT2D eigenvalue weighted by Crippen LogP contribution is -2.26. The van der Waals surface area contributed by atoms with Gasteiger partial charge in [-0.25, -0.2) is 0 Å². The first-order valence-electron chi connectivity index (χ1n) is 7.05. The Morgan fingerprint density at radius 2 is 2.27 bits per heavy atom. The third-order valence-electron chi connectivity index (χ3n) is 3.81. The van der Waals surface area contributed by atoms with E-state index in [0.717, 1.165) is 19.5 Å². The molecule has 0 saturated carbocycles. The summed E-state index contributed by atoms with van der Waals surface area (Å²) in [4.78, 5) is 14.8. The average Bonchev–Trinajstić information content (AvgIpc) is 2.89. The highest BCUT2D eigenvalue weighted by Gasteiger charge is 2.24. The minimum Gasteiger partial charge on any atom is -0.483 e. The van der Waals surface area contributed by atoms with Crippen molar-refractivity contribution in [3.8, 4) is 5.75 Å². The van der Waals surface area contributed by atoms with Crippen LogP contribution < -0.4 is 10.5 Å². The second-order valence-electron chi connectivity index (χ2n) is 5.43. The molecule has 1 aromatic carbocycles. The summed E-state index contributed by atoms with van der Waals surface area (Å²) in [5.41, 5.74) is 6.87. The van der Waals surface area contributed by atoms with E-state index in [4.69, 9.17) is 22.1 Å². The minimum absolute atomic E-state index is 0.0642. The van der Waals surface area contributed by atoms with Gasteiger partial charge in [0.15, 0.2) is 0 Å². The van der Waals surface area contributed by atoms with Crippen molar-refractivity contribution in [2.45, 2.75) is 12.5 Å². The number of carbonyl (C=O) groups is 1. The van der Waals surface area contributed by atoms with Crippen LogP contribution >= 0.6 is 22.9 Å². The topological polar surface area (TPSA) is 55.6 Å². The van der Waals surface area contributed by atoms with E-state index in [1.165, 1.54) is 10.4 Å². The number of nitrogens with zero attached hydrogens (tertiary/aromatic N) is 1. The first kappa shape index (κ1) is 15.3. The Kier molecular flexibility index (Phi) is 4.38. The van der Waals surface area contributed by atoms with Gasteiger partial charge in [0, 0.05) is 29.1 Å². The molecule has 2 aromatic rings. The maximum Gasteiger partial charge on any atom is 0.248 e. The molecule has 0 fully saturated rings. The van der Waals surface area contributed by atoms with Crippen LogP contribution in [0.25, 0.3) is 0 Å². The van der Waals surface area contributed by atoms with Crippen LogP contribution in [0.3, 0.4) is 0 Å². The van der Waals surface area contributed by atoms with Crippen LogP contribution in [0.15, 0.2) is 29.6 Å². The smallest absolute Gasteiger partial charge is 0.248 e. The van der Waals surface area contributed by atoms with E-state index in [2.05, 4.69) is 23.4 Å². The summed E-state index contributed by atoms with van der Waals surface area (Å²) < 4.78 is 6.14. The molecule has 1 aromatic heterocycles. The number of primary amides is 1. The molecule has 1 aliphatic rings. The van der Waals surface area contributed by atoms with Crippen molar-refractivity contribution < 1.29 is 9.53 Å². The number of nitrogens with two attached hydrogens (primary N) is 1. The van der Waals surface area contributed by atoms with Crippen LogP contribution in [0.5, 0.6) is 5.75 Å². The molecule has 22 heavy (non-hydrogen) atoms. The second kappa shape index (κ2) is 6.28. The Bertz CT molecular complexity index is 701. The maximum atomic E-state index is 11.2. The van der Waals surface area contributed by atoms with Crippen LogP contribution in [0.2, 0.25) is 5.02 Å². The van der Waals surface area contributed by atoms with E-state index >= 15 is 0 Å². The van der Waals surface area contributed by atoms with Crippen LogP contribution in [0.4, 0.5) is 0 Å². The number of hydrogen-bond acceptors (Lipinski definition) is 4. The summed E-state index contributed by atoms with van der Waals surface area (Å²) in [5, 5.41) is 2.50. The monoisotopic (exact) mass is 336 g/mol. The van der Waals surface area contributed by atoms with Gasteiger partial charge in [0.05, 0.1) is 5.02 Å². The number of amides is 1. The largest absolute Gasteiger partial charge is 0.483 e. The molecule has 1 aliphatic heterocycles. The lowest BCUT2D eigenvalue weighted by atomic mass is 10.1. The SMILES string of the molecule is CN1CCc2sccc2C(Oc2ccc(C(N)=O)cc2Cl)C1. The lowest BCUT2D eigenvalue weighted by molar-refractivity contribution is 0.1000. The molecule has 4 nitrogen and oxygen atoms in total. The van der Waals surface area contributed by atoms with E-state index in [0.29, 0.717) is 16.3 Å². The molecule has 1 unspecified atom stereocenters. The fraction of sp³-hybridized carbons (Fsp3) is 0.312. The Morgan fingerprint density at radius 3 is 3.00 bits per heavy atom. The lowest BCUT2D eigenvalue weighted by Gasteiger charge is -2.22. The van der Waals surface area contributed by atoms with Gasteiger partial charge in [-0.05, 0) is 43.1 Å². The third-order valence-corrected chi connectivity index (χ3v) is 5.10. The first-order chi connectivity index (χ1) is 10.5. The van der Waals surface area contributed by atoms with Crippen LogP contribution in [-0.4, -0.2) is 30.9 Å². The van der Waals surface area contributed by atoms with Gasteiger partial charge >= 0.3 is 0 Å². The normalized spacial score (nSPS) is 18.5. The fourth-order valence-corrected chi connectivity index (χ4v) is 3.76. The molecule has 0 saturated heterocycles. The van der Waals surface area contributed by atoms with Gasteiger partial charge in [0.25, 0.3) is 0 Å². The second-order valence-corrected chi connectivity index (χ2v) is 6.84. The number of benzene rings is 1. The standard InChI is InChI=1S/C16H17ClN2O2S/c1-19-6-4-15-11(5-7-22-15)14(9-19)21-13-3-2-10(16(18)20)8-12(13)17/h2-3,5,7-8,14H,4,6,9H2,1H3,(H2,18,20). The van der Waals surface area contributed by atoms with E-state index in [1.54, 1.807) is 29.5 Å². The third kappa shape index (κ3) is 3.11. The number of carbonyl (C=O) groups excluding carboxylic acids is 1. The van der Waals surface area contributed by atoms with E-state index in [9.17, 15) is 4.79 Å². The molecule has 2 heterocycles. The van der Waals surface area contributed by atoms with Gasteiger partial charge in [0.2, 0.25) is 5.91 Å². The quantitative estimate of drug-likeness (QED) is 0.937. The molecule has 116 valence electrons. The highest BCUT2D eigenvalue weighted by Crippen LogP contribution is 2.34. The van der Waals surface area contributed by atoms with E-state index in [1.807, 2.05) is 0 Å². The zero-order chi connectivity index (χ0) is 15.7. The van der Waals surface area contributed by atoms with E-state index < -0.39 is 5.91 Å². The van der Waals surface area contributed by atoms with Gasteiger partial charge in [-0.2, -0.15) is 0 Å². The van der Waals surface area contributed by atoms with Gasteiger partial charge in [-0.3, -0.25) is 4.79 Å². The average molecular weight is 337 g/mol. The van der Waals surface area contributed by atoms with Crippen molar-refractivity contribution in [3.63, 3.8) is 0 Å². The van der Waals surface area contributed by atoms with Crippen LogP contribution in [-0.2, 0) is 6.42 Å². The van der Waals surface area contributed by atoms with Gasteiger partial charge < -0.3 is 15.4 Å².